The molecule has 3 aromatic heterocycles. The molecule has 1 aliphatic rings. The zero-order valence-electron chi connectivity index (χ0n) is 34.9. The lowest BCUT2D eigenvalue weighted by Crippen LogP contribution is -2.33. The van der Waals surface area contributed by atoms with E-state index in [4.69, 9.17) is 14.4 Å². The maximum atomic E-state index is 6.71. The van der Waals surface area contributed by atoms with Crippen LogP contribution in [0.25, 0.3) is 102 Å². The molecule has 1 aliphatic heterocycles. The molecule has 0 amide bonds. The Morgan fingerprint density at radius 3 is 2.06 bits per heavy atom. The molecule has 1 N–H and O–H groups in total. The number of nitrogens with zero attached hydrogens (tertiary/aromatic N) is 3. The Kier molecular flexibility index (Phi) is 7.85. The number of aromatic nitrogens is 1. The second-order valence-electron chi connectivity index (χ2n) is 16.9. The second-order valence-corrected chi connectivity index (χ2v) is 18.0. The van der Waals surface area contributed by atoms with E-state index in [0.717, 1.165) is 83.1 Å². The molecule has 0 radical (unpaired) electrons. The maximum Gasteiger partial charge on any atom is 0.159 e. The van der Waals surface area contributed by atoms with Gasteiger partial charge in [0.25, 0.3) is 0 Å². The number of hydrogen-bond acceptors (Lipinski definition) is 5. The molecule has 10 aromatic carbocycles. The number of furan rings is 1. The van der Waals surface area contributed by atoms with E-state index in [1.54, 1.807) is 0 Å². The Morgan fingerprint density at radius 1 is 0.477 bits per heavy atom. The number of aliphatic imine (C=N–C) groups is 2. The predicted molar refractivity (Wildman–Crippen MR) is 273 cm³/mol. The van der Waals surface area contributed by atoms with Gasteiger partial charge in [-0.05, 0) is 93.8 Å². The van der Waals surface area contributed by atoms with Crippen LogP contribution in [-0.4, -0.2) is 16.2 Å². The Bertz CT molecular complexity index is 4170. The number of hydrogen-bond donors (Lipinski definition) is 1. The molecule has 0 saturated carbocycles. The number of fused-ring (bicyclic) bond motifs is 11. The van der Waals surface area contributed by atoms with Gasteiger partial charge in [-0.1, -0.05) is 140 Å². The first kappa shape index (κ1) is 36.2. The zero-order chi connectivity index (χ0) is 42.6. The highest BCUT2D eigenvalue weighted by molar-refractivity contribution is 7.25. The minimum absolute atomic E-state index is 0.450. The van der Waals surface area contributed by atoms with E-state index >= 15 is 0 Å². The summed E-state index contributed by atoms with van der Waals surface area (Å²) in [4.78, 5) is 10.7. The van der Waals surface area contributed by atoms with Crippen LogP contribution in [0.5, 0.6) is 0 Å². The van der Waals surface area contributed by atoms with Gasteiger partial charge in [0.1, 0.15) is 23.2 Å². The van der Waals surface area contributed by atoms with Gasteiger partial charge in [0, 0.05) is 64.0 Å². The van der Waals surface area contributed by atoms with Crippen LogP contribution >= 0.6 is 11.3 Å². The highest BCUT2D eigenvalue weighted by Crippen LogP contribution is 2.46. The van der Waals surface area contributed by atoms with E-state index in [2.05, 4.69) is 204 Å². The van der Waals surface area contributed by atoms with Crippen LogP contribution in [0.15, 0.2) is 221 Å². The van der Waals surface area contributed by atoms with E-state index in [0.29, 0.717) is 5.84 Å². The number of benzene rings is 10. The molecule has 14 rings (SSSR count). The van der Waals surface area contributed by atoms with E-state index in [9.17, 15) is 0 Å². The molecule has 4 heterocycles. The van der Waals surface area contributed by atoms with Gasteiger partial charge >= 0.3 is 0 Å². The molecule has 1 unspecified atom stereocenters. The number of thiophene rings is 1. The lowest BCUT2D eigenvalue weighted by atomic mass is 9.90. The van der Waals surface area contributed by atoms with E-state index < -0.39 is 6.17 Å². The summed E-state index contributed by atoms with van der Waals surface area (Å²) in [5.74, 6) is 1.47. The van der Waals surface area contributed by atoms with Crippen LogP contribution in [0.1, 0.15) is 22.9 Å². The van der Waals surface area contributed by atoms with Crippen molar-refractivity contribution in [2.24, 2.45) is 9.98 Å². The minimum Gasteiger partial charge on any atom is -0.456 e. The van der Waals surface area contributed by atoms with Gasteiger partial charge in [0.15, 0.2) is 5.84 Å². The molecular formula is C59H36N4OS. The largest absolute Gasteiger partial charge is 0.456 e. The van der Waals surface area contributed by atoms with Gasteiger partial charge in [0.2, 0.25) is 0 Å². The van der Waals surface area contributed by atoms with Crippen molar-refractivity contribution in [3.63, 3.8) is 0 Å². The van der Waals surface area contributed by atoms with Crippen molar-refractivity contribution in [1.82, 2.24) is 9.88 Å². The first-order valence-corrected chi connectivity index (χ1v) is 22.8. The SMILES string of the molecule is c1ccc(C2=NC(c3ccc4sc5ccccc5c4c3)=NC(c3ccc(-n4c5ccccc5c5cc6ccccc6cc54)c(-c4c5ccccc5cc5oc6ccccc6c45)c3)N2)cc1. The lowest BCUT2D eigenvalue weighted by molar-refractivity contribution is 0.669. The van der Waals surface area contributed by atoms with Gasteiger partial charge in [-0.3, -0.25) is 0 Å². The van der Waals surface area contributed by atoms with Gasteiger partial charge in [-0.2, -0.15) is 0 Å². The number of para-hydroxylation sites is 2. The Labute approximate surface area is 376 Å². The van der Waals surface area contributed by atoms with Crippen molar-refractivity contribution in [2.75, 3.05) is 0 Å². The summed E-state index contributed by atoms with van der Waals surface area (Å²) >= 11 is 1.82. The van der Waals surface area contributed by atoms with Crippen LogP contribution in [0, 0.1) is 0 Å². The molecule has 13 aromatic rings. The summed E-state index contributed by atoms with van der Waals surface area (Å²) in [5, 5.41) is 15.6. The van der Waals surface area contributed by atoms with E-state index in [1.165, 1.54) is 41.7 Å². The van der Waals surface area contributed by atoms with E-state index in [1.807, 2.05) is 23.5 Å². The standard InChI is InChI=1S/C59H36N4OS/c1-2-14-35(15-3-1)57-60-58(62-59(61-57)40-27-29-54-46(31-40)43-21-10-13-25-53(43)65-54)39-26-28-49(63-48-23-11-8-20-42(48)45-30-36-16-4-5-17-37(36)33-50(45)63)47(32-39)55-41-19-7-6-18-38(41)34-52-56(55)44-22-9-12-24-51(44)64-52/h1-34,58H,(H,60,61,62). The van der Waals surface area contributed by atoms with Crippen molar-refractivity contribution in [3.8, 4) is 16.8 Å². The van der Waals surface area contributed by atoms with Crippen molar-refractivity contribution < 1.29 is 4.42 Å². The highest BCUT2D eigenvalue weighted by atomic mass is 32.1. The van der Waals surface area contributed by atoms with Crippen LogP contribution in [0.2, 0.25) is 0 Å². The maximum absolute atomic E-state index is 6.71. The number of rotatable bonds is 5. The molecule has 0 saturated heterocycles. The zero-order valence-corrected chi connectivity index (χ0v) is 35.7. The molecule has 0 fully saturated rings. The topological polar surface area (TPSA) is 54.8 Å². The first-order valence-electron chi connectivity index (χ1n) is 22.0. The summed E-state index contributed by atoms with van der Waals surface area (Å²) in [7, 11) is 0. The van der Waals surface area contributed by atoms with Crippen LogP contribution in [-0.2, 0) is 0 Å². The molecule has 0 bridgehead atoms. The Morgan fingerprint density at radius 2 is 1.18 bits per heavy atom. The third-order valence-electron chi connectivity index (χ3n) is 13.2. The fourth-order valence-electron chi connectivity index (χ4n) is 10.2. The molecule has 0 aliphatic carbocycles. The minimum atomic E-state index is -0.450. The molecule has 0 spiro atoms. The summed E-state index contributed by atoms with van der Waals surface area (Å²) in [6.07, 6.45) is -0.450. The molecular weight excluding hydrogens is 813 g/mol. The third kappa shape index (κ3) is 5.64. The molecule has 5 nitrogen and oxygen atoms in total. The van der Waals surface area contributed by atoms with Crippen molar-refractivity contribution >= 4 is 108 Å². The Hall–Kier alpha value is -8.32. The number of nitrogens with one attached hydrogen (secondary N) is 1. The molecule has 6 heteroatoms. The highest BCUT2D eigenvalue weighted by Gasteiger charge is 2.26. The van der Waals surface area contributed by atoms with Gasteiger partial charge in [0.05, 0.1) is 16.7 Å². The van der Waals surface area contributed by atoms with E-state index in [-0.39, 0.29) is 0 Å². The van der Waals surface area contributed by atoms with Crippen LogP contribution < -0.4 is 5.32 Å². The normalized spacial score (nSPS) is 14.3. The van der Waals surface area contributed by atoms with Crippen molar-refractivity contribution in [2.45, 2.75) is 6.17 Å². The fourth-order valence-corrected chi connectivity index (χ4v) is 11.3. The summed E-state index contributed by atoms with van der Waals surface area (Å²) < 4.78 is 11.7. The molecule has 1 atom stereocenters. The first-order chi connectivity index (χ1) is 32.2. The van der Waals surface area contributed by atoms with Crippen LogP contribution in [0.3, 0.4) is 0 Å². The van der Waals surface area contributed by atoms with Crippen molar-refractivity contribution in [1.29, 1.82) is 0 Å². The average molecular weight is 849 g/mol. The predicted octanol–water partition coefficient (Wildman–Crippen LogP) is 15.5. The average Bonchev–Trinajstić information content (AvgIpc) is 4.04. The fraction of sp³-hybridized carbons (Fsp3) is 0.0169. The second kappa shape index (κ2) is 14.1. The summed E-state index contributed by atoms with van der Waals surface area (Å²) in [6.45, 7) is 0. The smallest absolute Gasteiger partial charge is 0.159 e. The molecule has 65 heavy (non-hydrogen) atoms. The quantitative estimate of drug-likeness (QED) is 0.188. The van der Waals surface area contributed by atoms with Crippen molar-refractivity contribution in [3.05, 3.63) is 223 Å². The third-order valence-corrected chi connectivity index (χ3v) is 14.4. The summed E-state index contributed by atoms with van der Waals surface area (Å²) in [5.41, 5.74) is 10.3. The lowest BCUT2D eigenvalue weighted by Gasteiger charge is -2.25. The number of amidine groups is 2. The van der Waals surface area contributed by atoms with Gasteiger partial charge in [-0.25, -0.2) is 9.98 Å². The summed E-state index contributed by atoms with van der Waals surface area (Å²) in [6, 6.07) is 74.0. The Balaban J connectivity index is 1.06. The van der Waals surface area contributed by atoms with Gasteiger partial charge < -0.3 is 14.3 Å². The van der Waals surface area contributed by atoms with Gasteiger partial charge in [-0.15, -0.1) is 11.3 Å². The monoisotopic (exact) mass is 848 g/mol. The molecule has 304 valence electrons. The van der Waals surface area contributed by atoms with Crippen LogP contribution in [0.4, 0.5) is 0 Å².